The number of halogens is 2. The van der Waals surface area contributed by atoms with Gasteiger partial charge in [0, 0.05) is 36.9 Å². The first kappa shape index (κ1) is 20.1. The third-order valence-corrected chi connectivity index (χ3v) is 3.83. The maximum atomic E-state index is 12.2. The quantitative estimate of drug-likeness (QED) is 0.880. The van der Waals surface area contributed by atoms with Gasteiger partial charge in [-0.05, 0) is 38.9 Å². The van der Waals surface area contributed by atoms with Crippen molar-refractivity contribution in [3.63, 3.8) is 0 Å². The number of pyridine rings is 1. The zero-order valence-corrected chi connectivity index (χ0v) is 14.0. The molecular formula is C14H24Cl2N4O. The van der Waals surface area contributed by atoms with E-state index in [0.29, 0.717) is 18.2 Å². The number of nitrogens with zero attached hydrogens (tertiary/aromatic N) is 2. The minimum atomic E-state index is -0.0288. The molecule has 5 nitrogen and oxygen atoms in total. The highest BCUT2D eigenvalue weighted by molar-refractivity contribution is 5.94. The predicted molar refractivity (Wildman–Crippen MR) is 89.2 cm³/mol. The monoisotopic (exact) mass is 334 g/mol. The molecule has 7 heteroatoms. The second-order valence-electron chi connectivity index (χ2n) is 5.26. The van der Waals surface area contributed by atoms with Crippen LogP contribution in [0.3, 0.4) is 0 Å². The van der Waals surface area contributed by atoms with Crippen LogP contribution in [0, 0.1) is 0 Å². The minimum absolute atomic E-state index is 0. The van der Waals surface area contributed by atoms with Gasteiger partial charge in [-0.2, -0.15) is 0 Å². The van der Waals surface area contributed by atoms with E-state index in [4.69, 9.17) is 5.73 Å². The van der Waals surface area contributed by atoms with Gasteiger partial charge in [-0.1, -0.05) is 0 Å². The minimum Gasteiger partial charge on any atom is -0.349 e. The zero-order valence-electron chi connectivity index (χ0n) is 12.4. The Morgan fingerprint density at radius 2 is 2.24 bits per heavy atom. The average molecular weight is 335 g/mol. The molecule has 0 saturated carbocycles. The highest BCUT2D eigenvalue weighted by atomic mass is 35.5. The van der Waals surface area contributed by atoms with Crippen LogP contribution in [0.15, 0.2) is 18.3 Å². The van der Waals surface area contributed by atoms with Gasteiger partial charge in [0.1, 0.15) is 0 Å². The molecule has 21 heavy (non-hydrogen) atoms. The summed E-state index contributed by atoms with van der Waals surface area (Å²) in [6.07, 6.45) is 3.63. The number of hydrogen-bond acceptors (Lipinski definition) is 4. The van der Waals surface area contributed by atoms with Crippen molar-refractivity contribution in [2.24, 2.45) is 5.73 Å². The molecule has 1 saturated heterocycles. The Labute approximate surface area is 138 Å². The maximum absolute atomic E-state index is 12.2. The number of rotatable bonds is 3. The molecule has 0 aromatic carbocycles. The predicted octanol–water partition coefficient (Wildman–Crippen LogP) is 1.60. The molecule has 2 heterocycles. The van der Waals surface area contributed by atoms with Crippen molar-refractivity contribution in [3.8, 4) is 0 Å². The van der Waals surface area contributed by atoms with Crippen molar-refractivity contribution >= 4 is 30.7 Å². The number of nitrogens with one attached hydrogen (secondary N) is 1. The summed E-state index contributed by atoms with van der Waals surface area (Å²) in [5, 5.41) is 3.10. The van der Waals surface area contributed by atoms with Crippen LogP contribution in [0.2, 0.25) is 0 Å². The van der Waals surface area contributed by atoms with E-state index in [1.807, 2.05) is 0 Å². The van der Waals surface area contributed by atoms with E-state index in [-0.39, 0.29) is 36.8 Å². The zero-order chi connectivity index (χ0) is 13.8. The van der Waals surface area contributed by atoms with Gasteiger partial charge in [0.05, 0.1) is 5.69 Å². The molecule has 1 amide bonds. The topological polar surface area (TPSA) is 71.2 Å². The summed E-state index contributed by atoms with van der Waals surface area (Å²) in [4.78, 5) is 18.6. The lowest BCUT2D eigenvalue weighted by Crippen LogP contribution is -2.47. The number of amides is 1. The van der Waals surface area contributed by atoms with Gasteiger partial charge in [0.25, 0.3) is 5.91 Å². The molecule has 1 aliphatic heterocycles. The standard InChI is InChI=1S/C14H22N4O.2ClH/c1-10-7-12(4-6-18(10)2)17-14(19)11-3-5-16-13(8-11)9-15;;/h3,5,8,10,12H,4,6-7,9,15H2,1-2H3,(H,17,19);2*1H. The highest BCUT2D eigenvalue weighted by Crippen LogP contribution is 2.15. The number of aromatic nitrogens is 1. The Hall–Kier alpha value is -0.880. The lowest BCUT2D eigenvalue weighted by Gasteiger charge is -2.35. The molecule has 2 rings (SSSR count). The van der Waals surface area contributed by atoms with E-state index >= 15 is 0 Å². The first-order valence-corrected chi connectivity index (χ1v) is 6.76. The SMILES string of the molecule is CC1CC(NC(=O)c2ccnc(CN)c2)CCN1C.Cl.Cl. The molecule has 1 aliphatic rings. The van der Waals surface area contributed by atoms with Gasteiger partial charge >= 0.3 is 0 Å². The molecule has 0 radical (unpaired) electrons. The van der Waals surface area contributed by atoms with Crippen LogP contribution in [-0.2, 0) is 6.54 Å². The Morgan fingerprint density at radius 1 is 1.52 bits per heavy atom. The Kier molecular flexibility index (Phi) is 8.82. The molecule has 1 aromatic heterocycles. The fourth-order valence-corrected chi connectivity index (χ4v) is 2.42. The molecule has 0 aliphatic carbocycles. The molecule has 3 N–H and O–H groups in total. The van der Waals surface area contributed by atoms with E-state index in [1.54, 1.807) is 18.3 Å². The van der Waals surface area contributed by atoms with Crippen LogP contribution < -0.4 is 11.1 Å². The van der Waals surface area contributed by atoms with Crippen LogP contribution in [0.5, 0.6) is 0 Å². The Bertz CT molecular complexity index is 458. The van der Waals surface area contributed by atoms with Crippen molar-refractivity contribution in [2.45, 2.75) is 38.4 Å². The third kappa shape index (κ3) is 5.43. The van der Waals surface area contributed by atoms with E-state index in [0.717, 1.165) is 25.1 Å². The van der Waals surface area contributed by atoms with Crippen molar-refractivity contribution in [2.75, 3.05) is 13.6 Å². The van der Waals surface area contributed by atoms with Gasteiger partial charge in [-0.3, -0.25) is 9.78 Å². The maximum Gasteiger partial charge on any atom is 0.251 e. The molecule has 1 fully saturated rings. The van der Waals surface area contributed by atoms with Crippen molar-refractivity contribution in [1.82, 2.24) is 15.2 Å². The fraction of sp³-hybridized carbons (Fsp3) is 0.571. The summed E-state index contributed by atoms with van der Waals surface area (Å²) in [7, 11) is 2.12. The van der Waals surface area contributed by atoms with Gasteiger partial charge in [0.2, 0.25) is 0 Å². The van der Waals surface area contributed by atoms with E-state index < -0.39 is 0 Å². The molecule has 1 aromatic rings. The van der Waals surface area contributed by atoms with Crippen LogP contribution in [-0.4, -0.2) is 41.5 Å². The lowest BCUT2D eigenvalue weighted by molar-refractivity contribution is 0.0896. The largest absolute Gasteiger partial charge is 0.349 e. The number of carbonyl (C=O) groups is 1. The average Bonchev–Trinajstić information content (AvgIpc) is 2.43. The molecule has 120 valence electrons. The Balaban J connectivity index is 0.00000200. The lowest BCUT2D eigenvalue weighted by atomic mass is 9.98. The summed E-state index contributed by atoms with van der Waals surface area (Å²) >= 11 is 0. The first-order chi connectivity index (χ1) is 9.10. The third-order valence-electron chi connectivity index (χ3n) is 3.83. The fourth-order valence-electron chi connectivity index (χ4n) is 2.42. The second-order valence-corrected chi connectivity index (χ2v) is 5.26. The summed E-state index contributed by atoms with van der Waals surface area (Å²) < 4.78 is 0. The second kappa shape index (κ2) is 9.20. The smallest absolute Gasteiger partial charge is 0.251 e. The van der Waals surface area contributed by atoms with E-state index in [2.05, 4.69) is 29.2 Å². The number of hydrogen-bond donors (Lipinski definition) is 2. The van der Waals surface area contributed by atoms with Gasteiger partial charge in [0.15, 0.2) is 0 Å². The highest BCUT2D eigenvalue weighted by Gasteiger charge is 2.24. The molecule has 0 bridgehead atoms. The van der Waals surface area contributed by atoms with Crippen LogP contribution in [0.1, 0.15) is 35.8 Å². The summed E-state index contributed by atoms with van der Waals surface area (Å²) in [5.41, 5.74) is 6.92. The van der Waals surface area contributed by atoms with Crippen LogP contribution in [0.4, 0.5) is 0 Å². The van der Waals surface area contributed by atoms with Crippen molar-refractivity contribution in [3.05, 3.63) is 29.6 Å². The number of piperidine rings is 1. The number of nitrogens with two attached hydrogens (primary N) is 1. The normalized spacial score (nSPS) is 21.9. The van der Waals surface area contributed by atoms with Crippen molar-refractivity contribution < 1.29 is 4.79 Å². The van der Waals surface area contributed by atoms with Gasteiger partial charge in [-0.15, -0.1) is 24.8 Å². The summed E-state index contributed by atoms with van der Waals surface area (Å²) in [6.45, 7) is 3.57. The summed E-state index contributed by atoms with van der Waals surface area (Å²) in [5.74, 6) is -0.0288. The first-order valence-electron chi connectivity index (χ1n) is 6.76. The number of likely N-dealkylation sites (tertiary alicyclic amines) is 1. The van der Waals surface area contributed by atoms with Crippen molar-refractivity contribution in [1.29, 1.82) is 0 Å². The van der Waals surface area contributed by atoms with Crippen LogP contribution >= 0.6 is 24.8 Å². The molecule has 2 unspecified atom stereocenters. The number of carbonyl (C=O) groups excluding carboxylic acids is 1. The van der Waals surface area contributed by atoms with Crippen LogP contribution in [0.25, 0.3) is 0 Å². The molecular weight excluding hydrogens is 311 g/mol. The van der Waals surface area contributed by atoms with E-state index in [1.165, 1.54) is 0 Å². The summed E-state index contributed by atoms with van der Waals surface area (Å²) in [6, 6.07) is 4.25. The van der Waals surface area contributed by atoms with E-state index in [9.17, 15) is 4.79 Å². The molecule has 0 spiro atoms. The van der Waals surface area contributed by atoms with Gasteiger partial charge < -0.3 is 16.0 Å². The van der Waals surface area contributed by atoms with Gasteiger partial charge in [-0.25, -0.2) is 0 Å². The Morgan fingerprint density at radius 3 is 2.86 bits per heavy atom. The molecule has 2 atom stereocenters.